The first-order valence-corrected chi connectivity index (χ1v) is 10.1. The topological polar surface area (TPSA) is 73.1 Å². The SMILES string of the molecule is C=CCn1c(=O)c(=O)n(CC(=O)N[C@H](CCC)c2cccs2)c2ccccc21. The molecule has 3 rings (SSSR count). The van der Waals surface area contributed by atoms with Crippen LogP contribution in [0.25, 0.3) is 11.0 Å². The van der Waals surface area contributed by atoms with Gasteiger partial charge in [-0.1, -0.05) is 37.6 Å². The third kappa shape index (κ3) is 3.99. The Morgan fingerprint density at radius 1 is 1.14 bits per heavy atom. The zero-order valence-electron chi connectivity index (χ0n) is 15.8. The van der Waals surface area contributed by atoms with Crippen LogP contribution in [0.4, 0.5) is 0 Å². The Hall–Kier alpha value is -2.93. The van der Waals surface area contributed by atoms with Crippen LogP contribution in [0.15, 0.2) is 64.0 Å². The zero-order chi connectivity index (χ0) is 20.1. The molecule has 1 amide bonds. The van der Waals surface area contributed by atoms with Crippen molar-refractivity contribution in [2.75, 3.05) is 0 Å². The Morgan fingerprint density at radius 3 is 2.43 bits per heavy atom. The Labute approximate surface area is 166 Å². The molecular formula is C21H23N3O3S. The fraction of sp³-hybridized carbons (Fsp3) is 0.286. The minimum Gasteiger partial charge on any atom is -0.347 e. The van der Waals surface area contributed by atoms with Crippen LogP contribution in [-0.4, -0.2) is 15.0 Å². The van der Waals surface area contributed by atoms with Gasteiger partial charge in [-0.15, -0.1) is 17.9 Å². The monoisotopic (exact) mass is 397 g/mol. The Kier molecular flexibility index (Phi) is 6.26. The van der Waals surface area contributed by atoms with Crippen LogP contribution in [0.1, 0.15) is 30.7 Å². The highest BCUT2D eigenvalue weighted by Crippen LogP contribution is 2.23. The number of para-hydroxylation sites is 2. The van der Waals surface area contributed by atoms with Gasteiger partial charge in [-0.05, 0) is 30.0 Å². The summed E-state index contributed by atoms with van der Waals surface area (Å²) in [6.45, 7) is 5.74. The summed E-state index contributed by atoms with van der Waals surface area (Å²) in [5.41, 5.74) is -0.218. The lowest BCUT2D eigenvalue weighted by Gasteiger charge is -2.18. The first-order chi connectivity index (χ1) is 13.6. The maximum atomic E-state index is 12.7. The van der Waals surface area contributed by atoms with Gasteiger partial charge in [0.1, 0.15) is 6.54 Å². The van der Waals surface area contributed by atoms with Gasteiger partial charge in [0.15, 0.2) is 0 Å². The van der Waals surface area contributed by atoms with E-state index in [2.05, 4.69) is 18.8 Å². The molecule has 6 nitrogen and oxygen atoms in total. The molecule has 2 aromatic heterocycles. The summed E-state index contributed by atoms with van der Waals surface area (Å²) in [6, 6.07) is 10.9. The maximum Gasteiger partial charge on any atom is 0.317 e. The van der Waals surface area contributed by atoms with Crippen molar-refractivity contribution in [1.82, 2.24) is 14.5 Å². The Bertz CT molecular complexity index is 1100. The van der Waals surface area contributed by atoms with Crippen LogP contribution >= 0.6 is 11.3 Å². The molecule has 0 unspecified atom stereocenters. The number of hydrogen-bond donors (Lipinski definition) is 1. The highest BCUT2D eigenvalue weighted by molar-refractivity contribution is 7.10. The molecule has 0 saturated heterocycles. The lowest BCUT2D eigenvalue weighted by molar-refractivity contribution is -0.122. The molecule has 0 fully saturated rings. The Morgan fingerprint density at radius 2 is 1.82 bits per heavy atom. The van der Waals surface area contributed by atoms with E-state index in [1.165, 1.54) is 9.13 Å². The normalized spacial score (nSPS) is 12.0. The number of carbonyl (C=O) groups excluding carboxylic acids is 1. The predicted octanol–water partition coefficient (Wildman–Crippen LogP) is 3.07. The summed E-state index contributed by atoms with van der Waals surface area (Å²) in [5.74, 6) is -0.292. The molecule has 1 N–H and O–H groups in total. The van der Waals surface area contributed by atoms with Crippen molar-refractivity contribution in [2.24, 2.45) is 0 Å². The van der Waals surface area contributed by atoms with Gasteiger partial charge in [0, 0.05) is 11.4 Å². The predicted molar refractivity (Wildman–Crippen MR) is 113 cm³/mol. The van der Waals surface area contributed by atoms with Gasteiger partial charge in [0.25, 0.3) is 0 Å². The van der Waals surface area contributed by atoms with Gasteiger partial charge in [-0.3, -0.25) is 23.5 Å². The van der Waals surface area contributed by atoms with E-state index >= 15 is 0 Å². The molecule has 28 heavy (non-hydrogen) atoms. The van der Waals surface area contributed by atoms with Crippen LogP contribution in [0.2, 0.25) is 0 Å². The molecule has 0 aliphatic rings. The van der Waals surface area contributed by atoms with Crippen LogP contribution in [-0.2, 0) is 17.9 Å². The van der Waals surface area contributed by atoms with Crippen molar-refractivity contribution in [3.8, 4) is 0 Å². The number of benzene rings is 1. The van der Waals surface area contributed by atoms with Gasteiger partial charge in [0.2, 0.25) is 5.91 Å². The third-order valence-electron chi connectivity index (χ3n) is 4.55. The fourth-order valence-corrected chi connectivity index (χ4v) is 4.10. The molecule has 7 heteroatoms. The van der Waals surface area contributed by atoms with Crippen molar-refractivity contribution >= 4 is 28.3 Å². The smallest absolute Gasteiger partial charge is 0.317 e. The lowest BCUT2D eigenvalue weighted by atomic mass is 10.1. The van der Waals surface area contributed by atoms with Crippen LogP contribution in [0, 0.1) is 0 Å². The van der Waals surface area contributed by atoms with Crippen molar-refractivity contribution < 1.29 is 4.79 Å². The molecule has 146 valence electrons. The largest absolute Gasteiger partial charge is 0.347 e. The molecular weight excluding hydrogens is 374 g/mol. The number of carbonyl (C=O) groups is 1. The molecule has 0 radical (unpaired) electrons. The van der Waals surface area contributed by atoms with Gasteiger partial charge >= 0.3 is 11.1 Å². The van der Waals surface area contributed by atoms with Crippen LogP contribution in [0.5, 0.6) is 0 Å². The van der Waals surface area contributed by atoms with E-state index < -0.39 is 11.1 Å². The van der Waals surface area contributed by atoms with Gasteiger partial charge < -0.3 is 5.32 Å². The minimum atomic E-state index is -0.709. The quantitative estimate of drug-likeness (QED) is 0.469. The summed E-state index contributed by atoms with van der Waals surface area (Å²) in [7, 11) is 0. The second kappa shape index (κ2) is 8.84. The molecule has 0 aliphatic carbocycles. The summed E-state index contributed by atoms with van der Waals surface area (Å²) in [4.78, 5) is 39.0. The molecule has 0 bridgehead atoms. The van der Waals surface area contributed by atoms with E-state index in [0.717, 1.165) is 17.7 Å². The molecule has 0 saturated carbocycles. The maximum absolute atomic E-state index is 12.7. The van der Waals surface area contributed by atoms with E-state index in [1.807, 2.05) is 17.5 Å². The highest BCUT2D eigenvalue weighted by Gasteiger charge is 2.18. The number of fused-ring (bicyclic) bond motifs is 1. The number of rotatable bonds is 8. The second-order valence-corrected chi connectivity index (χ2v) is 7.49. The summed E-state index contributed by atoms with van der Waals surface area (Å²) >= 11 is 1.59. The minimum absolute atomic E-state index is 0.0967. The Balaban J connectivity index is 1.96. The van der Waals surface area contributed by atoms with Gasteiger partial charge in [-0.25, -0.2) is 0 Å². The summed E-state index contributed by atoms with van der Waals surface area (Å²) in [6.07, 6.45) is 3.30. The summed E-state index contributed by atoms with van der Waals surface area (Å²) in [5, 5.41) is 4.98. The average Bonchev–Trinajstić information content (AvgIpc) is 3.23. The molecule has 0 spiro atoms. The zero-order valence-corrected chi connectivity index (χ0v) is 16.6. The van der Waals surface area contributed by atoms with Crippen molar-refractivity contribution in [3.63, 3.8) is 0 Å². The standard InChI is InChI=1S/C21H23N3O3S/c1-3-8-15(18-11-7-13-28-18)22-19(25)14-24-17-10-6-5-9-16(17)23(12-4-2)20(26)21(24)27/h4-7,9-11,13,15H,2-3,8,12,14H2,1H3,(H,22,25)/t15-/m1/s1. The molecule has 1 aromatic carbocycles. The number of aromatic nitrogens is 2. The number of allylic oxidation sites excluding steroid dienone is 1. The van der Waals surface area contributed by atoms with Crippen molar-refractivity contribution in [2.45, 2.75) is 38.9 Å². The van der Waals surface area contributed by atoms with Crippen molar-refractivity contribution in [1.29, 1.82) is 0 Å². The molecule has 2 heterocycles. The first kappa shape index (κ1) is 19.8. The average molecular weight is 398 g/mol. The van der Waals surface area contributed by atoms with Gasteiger partial charge in [-0.2, -0.15) is 0 Å². The molecule has 0 aliphatic heterocycles. The number of amides is 1. The first-order valence-electron chi connectivity index (χ1n) is 9.22. The van der Waals surface area contributed by atoms with E-state index in [4.69, 9.17) is 0 Å². The number of hydrogen-bond acceptors (Lipinski definition) is 4. The van der Waals surface area contributed by atoms with Crippen LogP contribution in [0.3, 0.4) is 0 Å². The van der Waals surface area contributed by atoms with E-state index in [0.29, 0.717) is 11.0 Å². The number of nitrogens with zero attached hydrogens (tertiary/aromatic N) is 2. The van der Waals surface area contributed by atoms with Crippen molar-refractivity contribution in [3.05, 3.63) is 80.0 Å². The lowest BCUT2D eigenvalue weighted by Crippen LogP contribution is -2.44. The van der Waals surface area contributed by atoms with E-state index in [1.54, 1.807) is 41.7 Å². The third-order valence-corrected chi connectivity index (χ3v) is 5.54. The van der Waals surface area contributed by atoms with Gasteiger partial charge in [0.05, 0.1) is 17.1 Å². The fourth-order valence-electron chi connectivity index (χ4n) is 3.29. The second-order valence-electron chi connectivity index (χ2n) is 6.51. The summed E-state index contributed by atoms with van der Waals surface area (Å²) < 4.78 is 2.63. The highest BCUT2D eigenvalue weighted by atomic mass is 32.1. The number of thiophene rings is 1. The number of nitrogens with one attached hydrogen (secondary N) is 1. The van der Waals surface area contributed by atoms with E-state index in [-0.39, 0.29) is 25.0 Å². The molecule has 1 atom stereocenters. The van der Waals surface area contributed by atoms with Crippen LogP contribution < -0.4 is 16.4 Å². The molecule has 3 aromatic rings. The van der Waals surface area contributed by atoms with E-state index in [9.17, 15) is 14.4 Å².